The van der Waals surface area contributed by atoms with Gasteiger partial charge in [0.25, 0.3) is 5.91 Å². The molecule has 0 aliphatic rings. The average Bonchev–Trinajstić information content (AvgIpc) is 2.54. The lowest BCUT2D eigenvalue weighted by Crippen LogP contribution is -2.28. The molecule has 0 aliphatic carbocycles. The van der Waals surface area contributed by atoms with E-state index in [-0.39, 0.29) is 28.2 Å². The summed E-state index contributed by atoms with van der Waals surface area (Å²) in [6, 6.07) is 8.48. The first kappa shape index (κ1) is 17.2. The Labute approximate surface area is 141 Å². The van der Waals surface area contributed by atoms with Gasteiger partial charge in [-0.1, -0.05) is 35.3 Å². The third-order valence-electron chi connectivity index (χ3n) is 2.74. The van der Waals surface area contributed by atoms with Crippen LogP contribution in [0.15, 0.2) is 36.4 Å². The van der Waals surface area contributed by atoms with E-state index in [0.717, 1.165) is 0 Å². The van der Waals surface area contributed by atoms with Gasteiger partial charge in [0.2, 0.25) is 0 Å². The first-order chi connectivity index (χ1) is 11.0. The lowest BCUT2D eigenvalue weighted by Gasteiger charge is -2.07. The number of aromatic nitrogens is 1. The lowest BCUT2D eigenvalue weighted by atomic mass is 10.2. The van der Waals surface area contributed by atoms with Gasteiger partial charge in [0.1, 0.15) is 11.0 Å². The van der Waals surface area contributed by atoms with Gasteiger partial charge in [-0.2, -0.15) is 0 Å². The smallest absolute Gasteiger partial charge is 0.359 e. The number of nitrogens with one attached hydrogen (secondary N) is 1. The summed E-state index contributed by atoms with van der Waals surface area (Å²) in [7, 11) is 0. The summed E-state index contributed by atoms with van der Waals surface area (Å²) in [5, 5.41) is 2.69. The molecule has 0 radical (unpaired) electrons. The fourth-order valence-corrected chi connectivity index (χ4v) is 1.94. The van der Waals surface area contributed by atoms with Gasteiger partial charge >= 0.3 is 5.97 Å². The minimum Gasteiger partial charge on any atom is -0.451 e. The Balaban J connectivity index is 1.83. The van der Waals surface area contributed by atoms with E-state index >= 15 is 0 Å². The molecule has 0 saturated heterocycles. The van der Waals surface area contributed by atoms with Gasteiger partial charge in [0.05, 0.1) is 5.02 Å². The van der Waals surface area contributed by atoms with Crippen LogP contribution in [0, 0.1) is 5.82 Å². The SMILES string of the molecule is O=C(COC(=O)c1nc(Cl)ccc1Cl)NCc1ccc(F)cc1. The molecule has 0 bridgehead atoms. The Morgan fingerprint density at radius 2 is 1.83 bits per heavy atom. The molecule has 2 aromatic rings. The Hall–Kier alpha value is -2.18. The van der Waals surface area contributed by atoms with Crippen molar-refractivity contribution in [1.29, 1.82) is 0 Å². The highest BCUT2D eigenvalue weighted by Crippen LogP contribution is 2.17. The van der Waals surface area contributed by atoms with Crippen molar-refractivity contribution < 1.29 is 18.7 Å². The Bertz CT molecular complexity index is 723. The molecule has 1 amide bonds. The maximum absolute atomic E-state index is 12.7. The number of nitrogens with zero attached hydrogens (tertiary/aromatic N) is 1. The second kappa shape index (κ2) is 7.89. The predicted octanol–water partition coefficient (Wildman–Crippen LogP) is 3.00. The summed E-state index contributed by atoms with van der Waals surface area (Å²) >= 11 is 11.5. The van der Waals surface area contributed by atoms with E-state index in [2.05, 4.69) is 10.3 Å². The van der Waals surface area contributed by atoms with Crippen molar-refractivity contribution in [3.63, 3.8) is 0 Å². The number of esters is 1. The number of hydrogen-bond donors (Lipinski definition) is 1. The second-order valence-electron chi connectivity index (χ2n) is 4.44. The zero-order valence-electron chi connectivity index (χ0n) is 11.7. The molecule has 0 fully saturated rings. The fraction of sp³-hybridized carbons (Fsp3) is 0.133. The summed E-state index contributed by atoms with van der Waals surface area (Å²) in [4.78, 5) is 27.2. The zero-order chi connectivity index (χ0) is 16.8. The van der Waals surface area contributed by atoms with Gasteiger partial charge in [-0.05, 0) is 29.8 Å². The van der Waals surface area contributed by atoms with E-state index in [4.69, 9.17) is 27.9 Å². The monoisotopic (exact) mass is 356 g/mol. The minimum absolute atomic E-state index is 0.0751. The summed E-state index contributed by atoms with van der Waals surface area (Å²) in [6.45, 7) is -0.308. The van der Waals surface area contributed by atoms with Crippen LogP contribution in [0.4, 0.5) is 4.39 Å². The Morgan fingerprint density at radius 3 is 2.52 bits per heavy atom. The number of benzene rings is 1. The molecule has 0 saturated carbocycles. The van der Waals surface area contributed by atoms with Crippen molar-refractivity contribution in [3.05, 3.63) is 63.6 Å². The molecule has 0 unspecified atom stereocenters. The molecule has 0 atom stereocenters. The van der Waals surface area contributed by atoms with Crippen molar-refractivity contribution in [1.82, 2.24) is 10.3 Å². The van der Waals surface area contributed by atoms with Crippen molar-refractivity contribution in [2.24, 2.45) is 0 Å². The van der Waals surface area contributed by atoms with Gasteiger partial charge in [0, 0.05) is 6.54 Å². The van der Waals surface area contributed by atoms with Gasteiger partial charge < -0.3 is 10.1 Å². The third-order valence-corrected chi connectivity index (χ3v) is 3.26. The zero-order valence-corrected chi connectivity index (χ0v) is 13.2. The van der Waals surface area contributed by atoms with Crippen LogP contribution < -0.4 is 5.32 Å². The molecular formula is C15H11Cl2FN2O3. The number of pyridine rings is 1. The first-order valence-corrected chi connectivity index (χ1v) is 7.21. The van der Waals surface area contributed by atoms with E-state index in [1.807, 2.05) is 0 Å². The third kappa shape index (κ3) is 5.19. The number of amides is 1. The average molecular weight is 357 g/mol. The van der Waals surface area contributed by atoms with Crippen molar-refractivity contribution in [2.45, 2.75) is 6.54 Å². The number of carbonyl (C=O) groups excluding carboxylic acids is 2. The van der Waals surface area contributed by atoms with Crippen molar-refractivity contribution in [3.8, 4) is 0 Å². The number of carbonyl (C=O) groups is 2. The van der Waals surface area contributed by atoms with Crippen LogP contribution in [0.3, 0.4) is 0 Å². The van der Waals surface area contributed by atoms with Crippen LogP contribution in [0.5, 0.6) is 0 Å². The van der Waals surface area contributed by atoms with E-state index in [0.29, 0.717) is 5.56 Å². The molecule has 1 aromatic heterocycles. The molecule has 23 heavy (non-hydrogen) atoms. The number of rotatable bonds is 5. The molecule has 0 aliphatic heterocycles. The summed E-state index contributed by atoms with van der Waals surface area (Å²) in [5.74, 6) is -1.73. The first-order valence-electron chi connectivity index (χ1n) is 6.46. The molecule has 1 heterocycles. The van der Waals surface area contributed by atoms with Crippen LogP contribution in [0.25, 0.3) is 0 Å². The molecule has 120 valence electrons. The lowest BCUT2D eigenvalue weighted by molar-refractivity contribution is -0.124. The predicted molar refractivity (Wildman–Crippen MR) is 82.8 cm³/mol. The fourth-order valence-electron chi connectivity index (χ4n) is 1.61. The highest BCUT2D eigenvalue weighted by atomic mass is 35.5. The van der Waals surface area contributed by atoms with Gasteiger partial charge in [-0.15, -0.1) is 0 Å². The summed E-state index contributed by atoms with van der Waals surface area (Å²) in [6.07, 6.45) is 0. The molecular weight excluding hydrogens is 346 g/mol. The standard InChI is InChI=1S/C15H11Cl2FN2O3/c16-11-5-6-12(17)20-14(11)15(22)23-8-13(21)19-7-9-1-3-10(18)4-2-9/h1-6H,7-8H2,(H,19,21). The highest BCUT2D eigenvalue weighted by Gasteiger charge is 2.16. The van der Waals surface area contributed by atoms with Gasteiger partial charge in [-0.3, -0.25) is 4.79 Å². The molecule has 8 heteroatoms. The number of ether oxygens (including phenoxy) is 1. The van der Waals surface area contributed by atoms with Crippen molar-refractivity contribution in [2.75, 3.05) is 6.61 Å². The van der Waals surface area contributed by atoms with E-state index in [1.165, 1.54) is 36.4 Å². The Kier molecular flexibility index (Phi) is 5.90. The van der Waals surface area contributed by atoms with E-state index < -0.39 is 18.5 Å². The van der Waals surface area contributed by atoms with Crippen LogP contribution in [-0.4, -0.2) is 23.5 Å². The van der Waals surface area contributed by atoms with E-state index in [1.54, 1.807) is 0 Å². The second-order valence-corrected chi connectivity index (χ2v) is 5.24. The van der Waals surface area contributed by atoms with Gasteiger partial charge in [-0.25, -0.2) is 14.2 Å². The van der Waals surface area contributed by atoms with Crippen LogP contribution in [0.1, 0.15) is 16.1 Å². The van der Waals surface area contributed by atoms with Crippen LogP contribution in [0.2, 0.25) is 10.2 Å². The van der Waals surface area contributed by atoms with Crippen LogP contribution >= 0.6 is 23.2 Å². The molecule has 5 nitrogen and oxygen atoms in total. The van der Waals surface area contributed by atoms with E-state index in [9.17, 15) is 14.0 Å². The topological polar surface area (TPSA) is 68.3 Å². The quantitative estimate of drug-likeness (QED) is 0.660. The number of halogens is 3. The minimum atomic E-state index is -0.852. The maximum atomic E-state index is 12.7. The van der Waals surface area contributed by atoms with Gasteiger partial charge in [0.15, 0.2) is 12.3 Å². The molecule has 0 spiro atoms. The highest BCUT2D eigenvalue weighted by molar-refractivity contribution is 6.34. The normalized spacial score (nSPS) is 10.2. The number of hydrogen-bond acceptors (Lipinski definition) is 4. The van der Waals surface area contributed by atoms with Crippen LogP contribution in [-0.2, 0) is 16.1 Å². The Morgan fingerprint density at radius 1 is 1.13 bits per heavy atom. The largest absolute Gasteiger partial charge is 0.451 e. The maximum Gasteiger partial charge on any atom is 0.359 e. The molecule has 1 N–H and O–H groups in total. The van der Waals surface area contributed by atoms with Crippen molar-refractivity contribution >= 4 is 35.1 Å². The molecule has 2 rings (SSSR count). The summed E-state index contributed by atoms with van der Waals surface area (Å²) < 4.78 is 17.6. The molecule has 1 aromatic carbocycles. The summed E-state index contributed by atoms with van der Waals surface area (Å²) in [5.41, 5.74) is 0.552.